The minimum Gasteiger partial charge on any atom is -0.486 e. The van der Waals surface area contributed by atoms with Gasteiger partial charge in [0.15, 0.2) is 0 Å². The molecule has 0 aromatic rings. The van der Waals surface area contributed by atoms with Gasteiger partial charge in [-0.05, 0) is 14.1 Å². The third-order valence-corrected chi connectivity index (χ3v) is 3.70. The van der Waals surface area contributed by atoms with E-state index in [0.717, 1.165) is 0 Å². The predicted molar refractivity (Wildman–Crippen MR) is 58.5 cm³/mol. The second-order valence-electron chi connectivity index (χ2n) is 3.38. The van der Waals surface area contributed by atoms with Crippen LogP contribution >= 0.6 is 0 Å². The number of hydrogen-bond acceptors (Lipinski definition) is 5. The molecule has 0 aliphatic carbocycles. The standard InChI is InChI=1S/C9H19NO4Si/c1-5-8(11)13-15(7-10(3)4)14-9(12)6-2/h15H,5-7H2,1-4H3. The monoisotopic (exact) mass is 233 g/mol. The quantitative estimate of drug-likeness (QED) is 0.614. The van der Waals surface area contributed by atoms with Crippen molar-refractivity contribution in [3.05, 3.63) is 0 Å². The first-order chi connectivity index (χ1) is 6.99. The van der Waals surface area contributed by atoms with Crippen LogP contribution in [-0.4, -0.2) is 46.4 Å². The van der Waals surface area contributed by atoms with Crippen molar-refractivity contribution in [2.75, 3.05) is 20.3 Å². The summed E-state index contributed by atoms with van der Waals surface area (Å²) in [6, 6.07) is 0. The zero-order chi connectivity index (χ0) is 11.8. The largest absolute Gasteiger partial charge is 0.486 e. The van der Waals surface area contributed by atoms with Crippen LogP contribution in [0.2, 0.25) is 0 Å². The zero-order valence-corrected chi connectivity index (χ0v) is 10.9. The van der Waals surface area contributed by atoms with Crippen molar-refractivity contribution in [3.8, 4) is 0 Å². The Morgan fingerprint density at radius 2 is 1.47 bits per heavy atom. The third-order valence-electron chi connectivity index (χ3n) is 1.62. The highest BCUT2D eigenvalue weighted by Crippen LogP contribution is 1.97. The summed E-state index contributed by atoms with van der Waals surface area (Å²) in [5.74, 6) is -0.616. The Balaban J connectivity index is 4.17. The summed E-state index contributed by atoms with van der Waals surface area (Å²) in [6.45, 7) is 3.43. The SMILES string of the molecule is CCC(=O)O[SiH](CN(C)C)OC(=O)CC. The zero-order valence-electron chi connectivity index (χ0n) is 9.78. The maximum absolute atomic E-state index is 11.1. The van der Waals surface area contributed by atoms with Gasteiger partial charge in [-0.1, -0.05) is 13.8 Å². The van der Waals surface area contributed by atoms with Crippen molar-refractivity contribution in [1.82, 2.24) is 4.90 Å². The molecule has 0 spiro atoms. The van der Waals surface area contributed by atoms with Crippen molar-refractivity contribution in [1.29, 1.82) is 0 Å². The highest BCUT2D eigenvalue weighted by molar-refractivity contribution is 6.49. The van der Waals surface area contributed by atoms with Gasteiger partial charge in [0.05, 0.1) is 6.17 Å². The normalized spacial score (nSPS) is 10.5. The lowest BCUT2D eigenvalue weighted by atomic mass is 10.5. The Labute approximate surface area is 92.2 Å². The molecule has 0 amide bonds. The van der Waals surface area contributed by atoms with E-state index in [1.807, 2.05) is 19.0 Å². The van der Waals surface area contributed by atoms with Gasteiger partial charge < -0.3 is 13.8 Å². The molecular weight excluding hydrogens is 214 g/mol. The third kappa shape index (κ3) is 7.09. The maximum atomic E-state index is 11.1. The molecule has 0 atom stereocenters. The van der Waals surface area contributed by atoms with Crippen LogP contribution in [0.1, 0.15) is 26.7 Å². The molecule has 0 aliphatic heterocycles. The molecule has 0 saturated carbocycles. The smallest absolute Gasteiger partial charge is 0.462 e. The predicted octanol–water partition coefficient (Wildman–Crippen LogP) is 0.214. The molecule has 0 fully saturated rings. The van der Waals surface area contributed by atoms with Crippen LogP contribution in [0.4, 0.5) is 0 Å². The Morgan fingerprint density at radius 1 is 1.07 bits per heavy atom. The van der Waals surface area contributed by atoms with Gasteiger partial charge in [0.1, 0.15) is 0 Å². The molecular formula is C9H19NO4Si. The molecule has 5 nitrogen and oxygen atoms in total. The van der Waals surface area contributed by atoms with Crippen LogP contribution in [0.15, 0.2) is 0 Å². The number of carbonyl (C=O) groups is 2. The topological polar surface area (TPSA) is 55.8 Å². The lowest BCUT2D eigenvalue weighted by Gasteiger charge is -2.19. The summed E-state index contributed by atoms with van der Waals surface area (Å²) in [4.78, 5) is 24.0. The van der Waals surface area contributed by atoms with E-state index in [1.165, 1.54) is 0 Å². The summed E-state index contributed by atoms with van der Waals surface area (Å²) in [7, 11) is 1.48. The van der Waals surface area contributed by atoms with Crippen LogP contribution in [0.25, 0.3) is 0 Å². The van der Waals surface area contributed by atoms with Crippen LogP contribution in [0.3, 0.4) is 0 Å². The van der Waals surface area contributed by atoms with Crippen molar-refractivity contribution >= 4 is 21.2 Å². The Morgan fingerprint density at radius 3 is 1.73 bits per heavy atom. The van der Waals surface area contributed by atoms with Gasteiger partial charge in [0.2, 0.25) is 0 Å². The lowest BCUT2D eigenvalue weighted by molar-refractivity contribution is -0.140. The number of nitrogens with zero attached hydrogens (tertiary/aromatic N) is 1. The molecule has 0 aromatic heterocycles. The second kappa shape index (κ2) is 7.41. The van der Waals surface area contributed by atoms with Gasteiger partial charge in [0.25, 0.3) is 11.9 Å². The van der Waals surface area contributed by atoms with E-state index < -0.39 is 9.28 Å². The number of rotatable bonds is 6. The summed E-state index contributed by atoms with van der Waals surface area (Å²) >= 11 is 0. The first-order valence-corrected chi connectivity index (χ1v) is 6.79. The molecule has 0 aromatic carbocycles. The first-order valence-electron chi connectivity index (χ1n) is 5.03. The molecule has 0 saturated heterocycles. The highest BCUT2D eigenvalue weighted by Gasteiger charge is 2.22. The molecule has 0 radical (unpaired) electrons. The van der Waals surface area contributed by atoms with E-state index in [0.29, 0.717) is 19.0 Å². The van der Waals surface area contributed by atoms with Crippen molar-refractivity contribution in [3.63, 3.8) is 0 Å². The Bertz CT molecular complexity index is 202. The molecule has 0 unspecified atom stereocenters. The maximum Gasteiger partial charge on any atom is 0.462 e. The summed E-state index contributed by atoms with van der Waals surface area (Å²) in [6.07, 6.45) is 1.12. The summed E-state index contributed by atoms with van der Waals surface area (Å²) < 4.78 is 10.2. The molecule has 0 aliphatic rings. The fourth-order valence-electron chi connectivity index (χ4n) is 0.857. The van der Waals surface area contributed by atoms with Gasteiger partial charge in [-0.15, -0.1) is 0 Å². The van der Waals surface area contributed by atoms with E-state index >= 15 is 0 Å². The van der Waals surface area contributed by atoms with Crippen molar-refractivity contribution < 1.29 is 18.4 Å². The number of carbonyl (C=O) groups excluding carboxylic acids is 2. The molecule has 6 heteroatoms. The molecule has 0 rings (SSSR count). The fourth-order valence-corrected chi connectivity index (χ4v) is 2.57. The van der Waals surface area contributed by atoms with Gasteiger partial charge >= 0.3 is 9.28 Å². The molecule has 0 bridgehead atoms. The minimum atomic E-state index is -2.22. The van der Waals surface area contributed by atoms with Crippen LogP contribution in [-0.2, 0) is 18.4 Å². The average Bonchev–Trinajstić information content (AvgIpc) is 2.16. The van der Waals surface area contributed by atoms with Crippen LogP contribution < -0.4 is 0 Å². The van der Waals surface area contributed by atoms with Gasteiger partial charge in [-0.25, -0.2) is 0 Å². The Hall–Kier alpha value is -0.883. The molecule has 0 N–H and O–H groups in total. The summed E-state index contributed by atoms with van der Waals surface area (Å²) in [5.41, 5.74) is 0. The second-order valence-corrected chi connectivity index (χ2v) is 5.07. The van der Waals surface area contributed by atoms with E-state index in [1.54, 1.807) is 13.8 Å². The van der Waals surface area contributed by atoms with Gasteiger partial charge in [-0.2, -0.15) is 0 Å². The van der Waals surface area contributed by atoms with Crippen molar-refractivity contribution in [2.45, 2.75) is 26.7 Å². The van der Waals surface area contributed by atoms with E-state index in [-0.39, 0.29) is 11.9 Å². The molecule has 0 heterocycles. The van der Waals surface area contributed by atoms with Gasteiger partial charge in [0, 0.05) is 12.8 Å². The summed E-state index contributed by atoms with van der Waals surface area (Å²) in [5, 5.41) is 0. The average molecular weight is 233 g/mol. The lowest BCUT2D eigenvalue weighted by Crippen LogP contribution is -2.38. The molecule has 15 heavy (non-hydrogen) atoms. The fraction of sp³-hybridized carbons (Fsp3) is 0.778. The first kappa shape index (κ1) is 14.1. The number of hydrogen-bond donors (Lipinski definition) is 0. The van der Waals surface area contributed by atoms with E-state index in [9.17, 15) is 9.59 Å². The van der Waals surface area contributed by atoms with Crippen LogP contribution in [0.5, 0.6) is 0 Å². The van der Waals surface area contributed by atoms with Crippen LogP contribution in [0, 0.1) is 0 Å². The Kier molecular flexibility index (Phi) is 6.98. The van der Waals surface area contributed by atoms with Gasteiger partial charge in [-0.3, -0.25) is 9.59 Å². The highest BCUT2D eigenvalue weighted by atomic mass is 28.3. The molecule has 88 valence electrons. The van der Waals surface area contributed by atoms with E-state index in [2.05, 4.69) is 0 Å². The van der Waals surface area contributed by atoms with E-state index in [4.69, 9.17) is 8.85 Å². The van der Waals surface area contributed by atoms with Crippen molar-refractivity contribution in [2.24, 2.45) is 0 Å². The minimum absolute atomic E-state index is 0.306.